The summed E-state index contributed by atoms with van der Waals surface area (Å²) >= 11 is 12.2. The minimum absolute atomic E-state index is 0.181. The molecule has 0 amide bonds. The van der Waals surface area contributed by atoms with Gasteiger partial charge in [0.2, 0.25) is 0 Å². The van der Waals surface area contributed by atoms with Gasteiger partial charge in [-0.05, 0) is 86.2 Å². The topological polar surface area (TPSA) is 50.5 Å². The zero-order valence-corrected chi connectivity index (χ0v) is 20.4. The summed E-state index contributed by atoms with van der Waals surface area (Å²) < 4.78 is 12.1. The number of rotatable bonds is 6. The van der Waals surface area contributed by atoms with Crippen molar-refractivity contribution in [3.05, 3.63) is 101 Å². The molecular formula is C27H24ClN3O2S. The molecule has 0 radical (unpaired) electrons. The second kappa shape index (κ2) is 9.49. The van der Waals surface area contributed by atoms with Crippen LogP contribution < -0.4 is 15.0 Å². The van der Waals surface area contributed by atoms with Crippen molar-refractivity contribution < 1.29 is 9.15 Å². The van der Waals surface area contributed by atoms with Crippen LogP contribution in [0, 0.1) is 6.92 Å². The number of benzene rings is 2. The standard InChI is InChI=1S/C27H24ClN3O2S/c1-3-32-19-12-10-18(11-13-19)31-26(25(30-27(31)34)22-9-4-5-16-29-22)24-15-14-23(33-24)20-7-6-8-21(28)17(20)2/h4-16,25-26H,3H2,1-2H3,(H,30,34)/t25-,26-/m1/s1. The molecule has 1 N–H and O–H groups in total. The molecule has 3 heterocycles. The van der Waals surface area contributed by atoms with E-state index in [1.54, 1.807) is 6.20 Å². The number of nitrogens with zero attached hydrogens (tertiary/aromatic N) is 2. The van der Waals surface area contributed by atoms with E-state index >= 15 is 0 Å². The fourth-order valence-electron chi connectivity index (χ4n) is 4.32. The Labute approximate surface area is 209 Å². The van der Waals surface area contributed by atoms with Crippen LogP contribution in [-0.4, -0.2) is 16.7 Å². The highest BCUT2D eigenvalue weighted by molar-refractivity contribution is 7.80. The molecule has 1 aliphatic rings. The Morgan fingerprint density at radius 2 is 1.88 bits per heavy atom. The third-order valence-electron chi connectivity index (χ3n) is 5.98. The number of hydrogen-bond acceptors (Lipinski definition) is 4. The van der Waals surface area contributed by atoms with Crippen molar-refractivity contribution in [2.75, 3.05) is 11.5 Å². The second-order valence-corrected chi connectivity index (χ2v) is 8.83. The molecule has 0 aliphatic carbocycles. The van der Waals surface area contributed by atoms with Crippen molar-refractivity contribution in [1.29, 1.82) is 0 Å². The van der Waals surface area contributed by atoms with Crippen LogP contribution in [0.2, 0.25) is 5.02 Å². The van der Waals surface area contributed by atoms with E-state index in [1.807, 2.05) is 86.6 Å². The maximum atomic E-state index is 6.45. The molecule has 4 aromatic rings. The lowest BCUT2D eigenvalue weighted by Crippen LogP contribution is -2.29. The quantitative estimate of drug-likeness (QED) is 0.298. The number of pyridine rings is 1. The first kappa shape index (κ1) is 22.4. The Morgan fingerprint density at radius 3 is 2.62 bits per heavy atom. The molecule has 34 heavy (non-hydrogen) atoms. The predicted molar refractivity (Wildman–Crippen MR) is 139 cm³/mol. The highest BCUT2D eigenvalue weighted by Gasteiger charge is 2.42. The number of thiocarbonyl (C=S) groups is 1. The highest BCUT2D eigenvalue weighted by atomic mass is 35.5. The number of nitrogens with one attached hydrogen (secondary N) is 1. The van der Waals surface area contributed by atoms with Gasteiger partial charge in [-0.15, -0.1) is 0 Å². The molecule has 5 nitrogen and oxygen atoms in total. The Balaban J connectivity index is 1.58. The van der Waals surface area contributed by atoms with Crippen LogP contribution in [0.1, 0.15) is 36.0 Å². The van der Waals surface area contributed by atoms with Crippen LogP contribution >= 0.6 is 23.8 Å². The van der Waals surface area contributed by atoms with Crippen molar-refractivity contribution in [3.8, 4) is 17.1 Å². The van der Waals surface area contributed by atoms with Crippen molar-refractivity contribution in [3.63, 3.8) is 0 Å². The lowest BCUT2D eigenvalue weighted by Gasteiger charge is -2.26. The van der Waals surface area contributed by atoms with Crippen LogP contribution in [0.15, 0.2) is 83.4 Å². The van der Waals surface area contributed by atoms with E-state index in [4.69, 9.17) is 33.0 Å². The van der Waals surface area contributed by atoms with Gasteiger partial charge >= 0.3 is 0 Å². The molecule has 5 rings (SSSR count). The normalized spacial score (nSPS) is 17.6. The largest absolute Gasteiger partial charge is 0.494 e. The van der Waals surface area contributed by atoms with E-state index in [1.165, 1.54) is 0 Å². The molecule has 0 spiro atoms. The average Bonchev–Trinajstić information content (AvgIpc) is 3.47. The summed E-state index contributed by atoms with van der Waals surface area (Å²) in [4.78, 5) is 6.68. The minimum atomic E-state index is -0.228. The van der Waals surface area contributed by atoms with Crippen LogP contribution in [0.4, 0.5) is 5.69 Å². The Bertz CT molecular complexity index is 1310. The van der Waals surface area contributed by atoms with Gasteiger partial charge in [0.05, 0.1) is 18.3 Å². The maximum absolute atomic E-state index is 6.45. The van der Waals surface area contributed by atoms with Crippen LogP contribution in [-0.2, 0) is 0 Å². The summed E-state index contributed by atoms with van der Waals surface area (Å²) in [6.07, 6.45) is 1.79. The van der Waals surface area contributed by atoms with Gasteiger partial charge in [-0.1, -0.05) is 29.8 Å². The zero-order valence-electron chi connectivity index (χ0n) is 18.9. The van der Waals surface area contributed by atoms with Crippen LogP contribution in [0.25, 0.3) is 11.3 Å². The third-order valence-corrected chi connectivity index (χ3v) is 6.70. The van der Waals surface area contributed by atoms with Gasteiger partial charge < -0.3 is 19.4 Å². The molecule has 7 heteroatoms. The fourth-order valence-corrected chi connectivity index (χ4v) is 4.84. The van der Waals surface area contributed by atoms with E-state index in [0.717, 1.165) is 39.8 Å². The van der Waals surface area contributed by atoms with Crippen molar-refractivity contribution in [1.82, 2.24) is 10.3 Å². The van der Waals surface area contributed by atoms with E-state index in [2.05, 4.69) is 15.2 Å². The van der Waals surface area contributed by atoms with Crippen LogP contribution in [0.5, 0.6) is 5.75 Å². The van der Waals surface area contributed by atoms with Gasteiger partial charge in [-0.3, -0.25) is 4.98 Å². The van der Waals surface area contributed by atoms with E-state index < -0.39 is 0 Å². The van der Waals surface area contributed by atoms with Crippen molar-refractivity contribution in [2.45, 2.75) is 25.9 Å². The smallest absolute Gasteiger partial charge is 0.174 e. The van der Waals surface area contributed by atoms with Crippen molar-refractivity contribution >= 4 is 34.6 Å². The average molecular weight is 490 g/mol. The number of hydrogen-bond donors (Lipinski definition) is 1. The molecule has 0 bridgehead atoms. The van der Waals surface area contributed by atoms with E-state index in [0.29, 0.717) is 16.7 Å². The molecule has 172 valence electrons. The Morgan fingerprint density at radius 1 is 1.06 bits per heavy atom. The van der Waals surface area contributed by atoms with Gasteiger partial charge in [0, 0.05) is 22.5 Å². The van der Waals surface area contributed by atoms with E-state index in [-0.39, 0.29) is 12.1 Å². The Hall–Kier alpha value is -3.35. The predicted octanol–water partition coefficient (Wildman–Crippen LogP) is 6.88. The number of anilines is 1. The number of ether oxygens (including phenoxy) is 1. The first-order valence-corrected chi connectivity index (χ1v) is 11.9. The first-order chi connectivity index (χ1) is 16.6. The van der Waals surface area contributed by atoms with Crippen molar-refractivity contribution in [2.24, 2.45) is 0 Å². The monoisotopic (exact) mass is 489 g/mol. The zero-order chi connectivity index (χ0) is 23.7. The van der Waals surface area contributed by atoms with Gasteiger partial charge in [-0.2, -0.15) is 0 Å². The summed E-state index contributed by atoms with van der Waals surface area (Å²) in [6.45, 7) is 4.58. The summed E-state index contributed by atoms with van der Waals surface area (Å²) in [7, 11) is 0. The second-order valence-electron chi connectivity index (χ2n) is 8.04. The molecule has 1 fully saturated rings. The Kier molecular flexibility index (Phi) is 6.26. The molecule has 2 atom stereocenters. The molecular weight excluding hydrogens is 466 g/mol. The van der Waals surface area contributed by atoms with Gasteiger partial charge in [0.25, 0.3) is 0 Å². The number of furan rings is 1. The highest BCUT2D eigenvalue weighted by Crippen LogP contribution is 2.43. The lowest BCUT2D eigenvalue weighted by molar-refractivity contribution is 0.340. The van der Waals surface area contributed by atoms with Gasteiger partial charge in [0.1, 0.15) is 23.3 Å². The summed E-state index contributed by atoms with van der Waals surface area (Å²) in [5.74, 6) is 2.37. The summed E-state index contributed by atoms with van der Waals surface area (Å²) in [6, 6.07) is 23.2. The molecule has 1 saturated heterocycles. The molecule has 0 unspecified atom stereocenters. The first-order valence-electron chi connectivity index (χ1n) is 11.2. The van der Waals surface area contributed by atoms with Crippen LogP contribution in [0.3, 0.4) is 0 Å². The van der Waals surface area contributed by atoms with Gasteiger partial charge in [-0.25, -0.2) is 0 Å². The fraction of sp³-hybridized carbons (Fsp3) is 0.185. The maximum Gasteiger partial charge on any atom is 0.174 e. The number of aromatic nitrogens is 1. The summed E-state index contributed by atoms with van der Waals surface area (Å²) in [5.41, 5.74) is 3.78. The summed E-state index contributed by atoms with van der Waals surface area (Å²) in [5, 5.41) is 4.78. The number of halogens is 1. The van der Waals surface area contributed by atoms with Gasteiger partial charge in [0.15, 0.2) is 5.11 Å². The molecule has 0 saturated carbocycles. The molecule has 2 aromatic carbocycles. The molecule has 2 aromatic heterocycles. The third kappa shape index (κ3) is 4.15. The van der Waals surface area contributed by atoms with E-state index in [9.17, 15) is 0 Å². The lowest BCUT2D eigenvalue weighted by atomic mass is 10.0. The molecule has 1 aliphatic heterocycles. The SMILES string of the molecule is CCOc1ccc(N2C(=S)N[C@H](c3ccccn3)[C@H]2c2ccc(-c3cccc(Cl)c3C)o2)cc1. The minimum Gasteiger partial charge on any atom is -0.494 e.